The van der Waals surface area contributed by atoms with E-state index in [2.05, 4.69) is 28.5 Å². The van der Waals surface area contributed by atoms with Crippen LogP contribution in [0.15, 0.2) is 22.7 Å². The molecule has 17 heavy (non-hydrogen) atoms. The van der Waals surface area contributed by atoms with Gasteiger partial charge in [-0.3, -0.25) is 5.10 Å². The number of nitrogens with zero attached hydrogens (tertiary/aromatic N) is 1. The molecule has 0 aliphatic carbocycles. The second-order valence-electron chi connectivity index (χ2n) is 4.27. The zero-order chi connectivity index (χ0) is 12.3. The van der Waals surface area contributed by atoms with Crippen molar-refractivity contribution < 1.29 is 4.42 Å². The molecule has 4 heteroatoms. The van der Waals surface area contributed by atoms with Crippen LogP contribution in [0.2, 0.25) is 0 Å². The molecule has 0 spiro atoms. The third-order valence-electron chi connectivity index (χ3n) is 2.82. The van der Waals surface area contributed by atoms with E-state index in [4.69, 9.17) is 4.42 Å². The molecule has 0 radical (unpaired) electrons. The Bertz CT molecular complexity index is 459. The molecular formula is C13H19N3O. The van der Waals surface area contributed by atoms with E-state index < -0.39 is 0 Å². The number of aromatic nitrogens is 2. The number of nitrogens with one attached hydrogen (secondary N) is 2. The molecule has 0 aromatic carbocycles. The molecule has 1 atom stereocenters. The number of aromatic amines is 1. The van der Waals surface area contributed by atoms with Gasteiger partial charge >= 0.3 is 0 Å². The van der Waals surface area contributed by atoms with Gasteiger partial charge in [-0.15, -0.1) is 0 Å². The average Bonchev–Trinajstić information content (AvgIpc) is 2.90. The van der Waals surface area contributed by atoms with Gasteiger partial charge in [0, 0.05) is 11.8 Å². The second-order valence-corrected chi connectivity index (χ2v) is 4.27. The van der Waals surface area contributed by atoms with Gasteiger partial charge in [-0.2, -0.15) is 5.10 Å². The Balaban J connectivity index is 2.30. The van der Waals surface area contributed by atoms with Gasteiger partial charge in [-0.05, 0) is 38.9 Å². The van der Waals surface area contributed by atoms with Crippen molar-refractivity contribution in [2.45, 2.75) is 33.2 Å². The highest BCUT2D eigenvalue weighted by Crippen LogP contribution is 2.26. The maximum atomic E-state index is 5.60. The van der Waals surface area contributed by atoms with Crippen molar-refractivity contribution in [2.75, 3.05) is 6.54 Å². The van der Waals surface area contributed by atoms with Crippen LogP contribution in [0.5, 0.6) is 0 Å². The number of hydrogen-bond acceptors (Lipinski definition) is 3. The van der Waals surface area contributed by atoms with Gasteiger partial charge in [0.25, 0.3) is 0 Å². The monoisotopic (exact) mass is 233 g/mol. The summed E-state index contributed by atoms with van der Waals surface area (Å²) in [6.07, 6.45) is 2.87. The smallest absolute Gasteiger partial charge is 0.106 e. The Hall–Kier alpha value is -1.55. The van der Waals surface area contributed by atoms with Crippen LogP contribution in [-0.4, -0.2) is 16.7 Å². The lowest BCUT2D eigenvalue weighted by Gasteiger charge is -2.16. The van der Waals surface area contributed by atoms with Crippen molar-refractivity contribution in [1.82, 2.24) is 15.5 Å². The van der Waals surface area contributed by atoms with Crippen molar-refractivity contribution in [2.24, 2.45) is 0 Å². The molecule has 1 unspecified atom stereocenters. The van der Waals surface area contributed by atoms with Crippen molar-refractivity contribution in [3.8, 4) is 0 Å². The summed E-state index contributed by atoms with van der Waals surface area (Å²) in [5, 5.41) is 10.6. The molecule has 4 nitrogen and oxygen atoms in total. The van der Waals surface area contributed by atoms with Crippen LogP contribution in [0.4, 0.5) is 0 Å². The second kappa shape index (κ2) is 5.19. The first-order chi connectivity index (χ1) is 8.22. The predicted molar refractivity (Wildman–Crippen MR) is 66.9 cm³/mol. The SMILES string of the molecule is CCCNC(c1ccn[nH]1)c1cc(C)oc1C. The molecule has 2 aromatic rings. The molecule has 2 heterocycles. The Morgan fingerprint density at radius 1 is 1.47 bits per heavy atom. The molecule has 2 rings (SSSR count). The molecule has 0 bridgehead atoms. The zero-order valence-corrected chi connectivity index (χ0v) is 10.6. The Labute approximate surface area is 101 Å². The van der Waals surface area contributed by atoms with Crippen LogP contribution in [0, 0.1) is 13.8 Å². The van der Waals surface area contributed by atoms with E-state index in [-0.39, 0.29) is 6.04 Å². The Kier molecular flexibility index (Phi) is 3.64. The number of aryl methyl sites for hydroxylation is 2. The third-order valence-corrected chi connectivity index (χ3v) is 2.82. The first-order valence-electron chi connectivity index (χ1n) is 6.02. The maximum Gasteiger partial charge on any atom is 0.106 e. The first kappa shape index (κ1) is 11.9. The fourth-order valence-corrected chi connectivity index (χ4v) is 2.04. The van der Waals surface area contributed by atoms with Crippen LogP contribution in [0.3, 0.4) is 0 Å². The van der Waals surface area contributed by atoms with Crippen LogP contribution in [0.25, 0.3) is 0 Å². The lowest BCUT2D eigenvalue weighted by atomic mass is 10.0. The van der Waals surface area contributed by atoms with Crippen LogP contribution < -0.4 is 5.32 Å². The minimum Gasteiger partial charge on any atom is -0.466 e. The number of H-pyrrole nitrogens is 1. The molecule has 0 fully saturated rings. The van der Waals surface area contributed by atoms with E-state index in [0.29, 0.717) is 0 Å². The van der Waals surface area contributed by atoms with Crippen molar-refractivity contribution in [3.05, 3.63) is 41.1 Å². The fourth-order valence-electron chi connectivity index (χ4n) is 2.04. The molecule has 0 amide bonds. The Morgan fingerprint density at radius 2 is 2.29 bits per heavy atom. The van der Waals surface area contributed by atoms with Crippen molar-refractivity contribution >= 4 is 0 Å². The van der Waals surface area contributed by atoms with Gasteiger partial charge in [-0.25, -0.2) is 0 Å². The molecule has 92 valence electrons. The molecule has 0 aliphatic heterocycles. The summed E-state index contributed by atoms with van der Waals surface area (Å²) in [5.74, 6) is 1.91. The van der Waals surface area contributed by atoms with E-state index >= 15 is 0 Å². The Morgan fingerprint density at radius 3 is 2.82 bits per heavy atom. The highest BCUT2D eigenvalue weighted by Gasteiger charge is 2.19. The molecule has 2 aromatic heterocycles. The summed E-state index contributed by atoms with van der Waals surface area (Å²) in [6.45, 7) is 7.09. The zero-order valence-electron chi connectivity index (χ0n) is 10.6. The summed E-state index contributed by atoms with van der Waals surface area (Å²) in [5.41, 5.74) is 2.25. The van der Waals surface area contributed by atoms with Crippen LogP contribution in [0.1, 0.15) is 42.2 Å². The summed E-state index contributed by atoms with van der Waals surface area (Å²) in [7, 11) is 0. The summed E-state index contributed by atoms with van der Waals surface area (Å²) in [6, 6.07) is 4.22. The van der Waals surface area contributed by atoms with E-state index in [1.54, 1.807) is 6.20 Å². The minimum absolute atomic E-state index is 0.134. The molecule has 0 saturated carbocycles. The maximum absolute atomic E-state index is 5.60. The normalized spacial score (nSPS) is 12.9. The average molecular weight is 233 g/mol. The summed E-state index contributed by atoms with van der Waals surface area (Å²) >= 11 is 0. The number of rotatable bonds is 5. The largest absolute Gasteiger partial charge is 0.466 e. The van der Waals surface area contributed by atoms with Crippen molar-refractivity contribution in [1.29, 1.82) is 0 Å². The number of furan rings is 1. The van der Waals surface area contributed by atoms with Gasteiger partial charge < -0.3 is 9.73 Å². The van der Waals surface area contributed by atoms with E-state index in [0.717, 1.165) is 30.2 Å². The van der Waals surface area contributed by atoms with E-state index in [9.17, 15) is 0 Å². The minimum atomic E-state index is 0.134. The van der Waals surface area contributed by atoms with E-state index in [1.165, 1.54) is 5.56 Å². The van der Waals surface area contributed by atoms with Gasteiger partial charge in [0.05, 0.1) is 11.7 Å². The number of hydrogen-bond donors (Lipinski definition) is 2. The van der Waals surface area contributed by atoms with Gasteiger partial charge in [0.2, 0.25) is 0 Å². The third kappa shape index (κ3) is 2.58. The van der Waals surface area contributed by atoms with Crippen LogP contribution in [-0.2, 0) is 0 Å². The summed E-state index contributed by atoms with van der Waals surface area (Å²) in [4.78, 5) is 0. The lowest BCUT2D eigenvalue weighted by Crippen LogP contribution is -2.23. The lowest BCUT2D eigenvalue weighted by molar-refractivity contribution is 0.492. The van der Waals surface area contributed by atoms with Crippen molar-refractivity contribution in [3.63, 3.8) is 0 Å². The summed E-state index contributed by atoms with van der Waals surface area (Å²) < 4.78 is 5.60. The highest BCUT2D eigenvalue weighted by molar-refractivity contribution is 5.30. The molecule has 0 aliphatic rings. The molecular weight excluding hydrogens is 214 g/mol. The van der Waals surface area contributed by atoms with Gasteiger partial charge in [0.15, 0.2) is 0 Å². The standard InChI is InChI=1S/C13H19N3O/c1-4-6-14-13(12-5-7-15-16-12)11-8-9(2)17-10(11)3/h5,7-8,13-14H,4,6H2,1-3H3,(H,15,16). The quantitative estimate of drug-likeness (QED) is 0.834. The molecule has 0 saturated heterocycles. The van der Waals surface area contributed by atoms with Gasteiger partial charge in [0.1, 0.15) is 11.5 Å². The highest BCUT2D eigenvalue weighted by atomic mass is 16.3. The topological polar surface area (TPSA) is 53.9 Å². The first-order valence-corrected chi connectivity index (χ1v) is 6.02. The molecule has 2 N–H and O–H groups in total. The van der Waals surface area contributed by atoms with Gasteiger partial charge in [-0.1, -0.05) is 6.92 Å². The fraction of sp³-hybridized carbons (Fsp3) is 0.462. The predicted octanol–water partition coefficient (Wildman–Crippen LogP) is 2.71. The van der Waals surface area contributed by atoms with E-state index in [1.807, 2.05) is 19.9 Å². The van der Waals surface area contributed by atoms with Crippen LogP contribution >= 0.6 is 0 Å².